The highest BCUT2D eigenvalue weighted by molar-refractivity contribution is 5.97. The number of unbranched alkanes of at least 4 members (excludes halogenated alkanes) is 1. The summed E-state index contributed by atoms with van der Waals surface area (Å²) in [7, 11) is 0. The predicted octanol–water partition coefficient (Wildman–Crippen LogP) is 3.16. The second-order valence-electron chi connectivity index (χ2n) is 5.68. The van der Waals surface area contributed by atoms with Crippen LogP contribution in [0.3, 0.4) is 0 Å². The smallest absolute Gasteiger partial charge is 0.332 e. The molecule has 1 aromatic carbocycles. The number of hydrogen-bond donors (Lipinski definition) is 2. The topological polar surface area (TPSA) is 84.5 Å². The third-order valence-corrected chi connectivity index (χ3v) is 3.69. The molecule has 0 saturated carbocycles. The molecular weight excluding hydrogens is 332 g/mol. The van der Waals surface area contributed by atoms with Gasteiger partial charge in [-0.2, -0.15) is 5.48 Å². The SMILES string of the molecule is C/C=C/c1ccccc1C(=O)NOC(=O)CCCCNC(=O)/C(C)=C/C. The molecule has 0 heterocycles. The summed E-state index contributed by atoms with van der Waals surface area (Å²) in [5.74, 6) is -1.10. The molecule has 1 rings (SSSR count). The lowest BCUT2D eigenvalue weighted by Gasteiger charge is -2.08. The van der Waals surface area contributed by atoms with E-state index < -0.39 is 11.9 Å². The van der Waals surface area contributed by atoms with Crippen LogP contribution >= 0.6 is 0 Å². The number of hydroxylamine groups is 1. The van der Waals surface area contributed by atoms with E-state index in [0.29, 0.717) is 30.5 Å². The van der Waals surface area contributed by atoms with E-state index >= 15 is 0 Å². The molecule has 0 aromatic heterocycles. The summed E-state index contributed by atoms with van der Waals surface area (Å²) in [5, 5.41) is 2.76. The van der Waals surface area contributed by atoms with Gasteiger partial charge >= 0.3 is 5.97 Å². The summed E-state index contributed by atoms with van der Waals surface area (Å²) in [6.07, 6.45) is 6.74. The molecule has 0 bridgehead atoms. The zero-order valence-corrected chi connectivity index (χ0v) is 15.5. The zero-order valence-electron chi connectivity index (χ0n) is 15.5. The number of amides is 2. The lowest BCUT2D eigenvalue weighted by Crippen LogP contribution is -2.28. The highest BCUT2D eigenvalue weighted by Gasteiger charge is 2.11. The molecule has 2 N–H and O–H groups in total. The van der Waals surface area contributed by atoms with E-state index in [1.165, 1.54) is 0 Å². The molecule has 6 heteroatoms. The van der Waals surface area contributed by atoms with Crippen LogP contribution in [0.1, 0.15) is 56.0 Å². The van der Waals surface area contributed by atoms with Gasteiger partial charge < -0.3 is 10.2 Å². The van der Waals surface area contributed by atoms with E-state index in [1.807, 2.05) is 19.1 Å². The van der Waals surface area contributed by atoms with Gasteiger partial charge in [-0.3, -0.25) is 9.59 Å². The van der Waals surface area contributed by atoms with Crippen molar-refractivity contribution in [2.45, 2.75) is 40.0 Å². The van der Waals surface area contributed by atoms with Crippen molar-refractivity contribution in [2.24, 2.45) is 0 Å². The lowest BCUT2D eigenvalue weighted by atomic mass is 10.1. The molecule has 0 aliphatic rings. The Morgan fingerprint density at radius 2 is 1.85 bits per heavy atom. The quantitative estimate of drug-likeness (QED) is 0.425. The Hall–Kier alpha value is -2.89. The third-order valence-electron chi connectivity index (χ3n) is 3.69. The zero-order chi connectivity index (χ0) is 19.4. The van der Waals surface area contributed by atoms with Gasteiger partial charge in [0.15, 0.2) is 0 Å². The standard InChI is InChI=1S/C20H26N2O4/c1-4-10-16-11-6-7-12-17(16)20(25)22-26-18(23)13-8-9-14-21-19(24)15(3)5-2/h4-7,10-12H,8-9,13-14H2,1-3H3,(H,21,24)(H,22,25)/b10-4+,15-5+. The van der Waals surface area contributed by atoms with Gasteiger partial charge in [-0.25, -0.2) is 4.79 Å². The molecule has 0 aliphatic carbocycles. The van der Waals surface area contributed by atoms with Gasteiger partial charge in [-0.15, -0.1) is 0 Å². The molecule has 0 unspecified atom stereocenters. The number of benzene rings is 1. The highest BCUT2D eigenvalue weighted by atomic mass is 16.7. The van der Waals surface area contributed by atoms with Crippen molar-refractivity contribution in [3.8, 4) is 0 Å². The van der Waals surface area contributed by atoms with E-state index in [2.05, 4.69) is 10.8 Å². The van der Waals surface area contributed by atoms with Crippen LogP contribution in [0.2, 0.25) is 0 Å². The molecule has 0 saturated heterocycles. The van der Waals surface area contributed by atoms with Gasteiger partial charge in [0.25, 0.3) is 5.91 Å². The fraction of sp³-hybridized carbons (Fsp3) is 0.350. The normalized spacial score (nSPS) is 11.3. The van der Waals surface area contributed by atoms with Crippen LogP contribution in [-0.2, 0) is 14.4 Å². The number of allylic oxidation sites excluding steroid dienone is 2. The fourth-order valence-electron chi connectivity index (χ4n) is 2.10. The minimum atomic E-state index is -0.516. The van der Waals surface area contributed by atoms with Gasteiger partial charge in [-0.05, 0) is 45.2 Å². The van der Waals surface area contributed by atoms with E-state index in [1.54, 1.807) is 44.2 Å². The average Bonchev–Trinajstić information content (AvgIpc) is 2.65. The molecule has 1 aromatic rings. The predicted molar refractivity (Wildman–Crippen MR) is 101 cm³/mol. The molecule has 0 fully saturated rings. The van der Waals surface area contributed by atoms with E-state index in [-0.39, 0.29) is 12.3 Å². The van der Waals surface area contributed by atoms with Gasteiger partial charge in [0.05, 0.1) is 0 Å². The highest BCUT2D eigenvalue weighted by Crippen LogP contribution is 2.10. The summed E-state index contributed by atoms with van der Waals surface area (Å²) < 4.78 is 0. The van der Waals surface area contributed by atoms with Crippen LogP contribution in [0.15, 0.2) is 42.0 Å². The van der Waals surface area contributed by atoms with Gasteiger partial charge in [0.2, 0.25) is 5.91 Å². The minimum absolute atomic E-state index is 0.109. The number of hydrogen-bond acceptors (Lipinski definition) is 4. The monoisotopic (exact) mass is 358 g/mol. The molecule has 0 aliphatic heterocycles. The van der Waals surface area contributed by atoms with Crippen molar-refractivity contribution in [1.82, 2.24) is 10.8 Å². The number of nitrogens with one attached hydrogen (secondary N) is 2. The number of carbonyl (C=O) groups excluding carboxylic acids is 3. The molecule has 2 amide bonds. The second-order valence-corrected chi connectivity index (χ2v) is 5.68. The molecular formula is C20H26N2O4. The maximum Gasteiger partial charge on any atom is 0.332 e. The maximum atomic E-state index is 12.1. The van der Waals surface area contributed by atoms with Crippen LogP contribution < -0.4 is 10.8 Å². The van der Waals surface area contributed by atoms with Crippen LogP contribution in [0, 0.1) is 0 Å². The van der Waals surface area contributed by atoms with Crippen molar-refractivity contribution in [3.63, 3.8) is 0 Å². The van der Waals surface area contributed by atoms with Crippen LogP contribution in [0.25, 0.3) is 6.08 Å². The lowest BCUT2D eigenvalue weighted by molar-refractivity contribution is -0.149. The first kappa shape index (κ1) is 21.2. The van der Waals surface area contributed by atoms with Crippen LogP contribution in [0.5, 0.6) is 0 Å². The Morgan fingerprint density at radius 1 is 1.12 bits per heavy atom. The van der Waals surface area contributed by atoms with Crippen molar-refractivity contribution in [1.29, 1.82) is 0 Å². The molecule has 0 spiro atoms. The Bertz CT molecular complexity index is 693. The maximum absolute atomic E-state index is 12.1. The van der Waals surface area contributed by atoms with E-state index in [0.717, 1.165) is 5.56 Å². The number of rotatable bonds is 8. The van der Waals surface area contributed by atoms with Crippen molar-refractivity contribution < 1.29 is 19.2 Å². The Kier molecular flexibility index (Phi) is 9.46. The summed E-state index contributed by atoms with van der Waals surface area (Å²) >= 11 is 0. The van der Waals surface area contributed by atoms with Crippen LogP contribution in [-0.4, -0.2) is 24.3 Å². The molecule has 26 heavy (non-hydrogen) atoms. The summed E-state index contributed by atoms with van der Waals surface area (Å²) in [6, 6.07) is 7.04. The fourth-order valence-corrected chi connectivity index (χ4v) is 2.10. The Balaban J connectivity index is 2.30. The third kappa shape index (κ3) is 7.34. The largest absolute Gasteiger partial charge is 0.352 e. The molecule has 0 radical (unpaired) electrons. The number of carbonyl (C=O) groups is 3. The first-order chi connectivity index (χ1) is 12.5. The van der Waals surface area contributed by atoms with E-state index in [9.17, 15) is 14.4 Å². The Morgan fingerprint density at radius 3 is 2.54 bits per heavy atom. The van der Waals surface area contributed by atoms with Crippen molar-refractivity contribution in [3.05, 3.63) is 53.1 Å². The van der Waals surface area contributed by atoms with Crippen molar-refractivity contribution >= 4 is 23.9 Å². The van der Waals surface area contributed by atoms with Crippen molar-refractivity contribution in [2.75, 3.05) is 6.54 Å². The summed E-state index contributed by atoms with van der Waals surface area (Å²) in [4.78, 5) is 40.2. The summed E-state index contributed by atoms with van der Waals surface area (Å²) in [5.41, 5.74) is 4.01. The average molecular weight is 358 g/mol. The molecule has 6 nitrogen and oxygen atoms in total. The first-order valence-electron chi connectivity index (χ1n) is 8.62. The minimum Gasteiger partial charge on any atom is -0.352 e. The molecule has 140 valence electrons. The van der Waals surface area contributed by atoms with Crippen LogP contribution in [0.4, 0.5) is 0 Å². The van der Waals surface area contributed by atoms with E-state index in [4.69, 9.17) is 4.84 Å². The van der Waals surface area contributed by atoms with Gasteiger partial charge in [-0.1, -0.05) is 36.4 Å². The molecule has 0 atom stereocenters. The Labute approximate surface area is 154 Å². The second kappa shape index (κ2) is 11.6. The van der Waals surface area contributed by atoms with Gasteiger partial charge in [0.1, 0.15) is 0 Å². The van der Waals surface area contributed by atoms with Gasteiger partial charge in [0, 0.05) is 24.1 Å². The first-order valence-corrected chi connectivity index (χ1v) is 8.62. The summed E-state index contributed by atoms with van der Waals surface area (Å²) in [6.45, 7) is 5.89.